The molecule has 0 spiro atoms. The number of esters is 1. The highest BCUT2D eigenvalue weighted by Crippen LogP contribution is 2.24. The number of rotatable bonds is 6. The molecule has 0 saturated carbocycles. The van der Waals surface area contributed by atoms with Crippen molar-refractivity contribution in [3.8, 4) is 5.75 Å². The summed E-state index contributed by atoms with van der Waals surface area (Å²) in [5.74, 6) is -0.948. The molecular formula is C23H19ClN2O4. The molecule has 0 saturated heterocycles. The van der Waals surface area contributed by atoms with E-state index in [9.17, 15) is 14.7 Å². The molecule has 0 fully saturated rings. The van der Waals surface area contributed by atoms with Crippen LogP contribution < -0.4 is 5.43 Å². The zero-order chi connectivity index (χ0) is 21.5. The predicted molar refractivity (Wildman–Crippen MR) is 118 cm³/mol. The van der Waals surface area contributed by atoms with E-state index in [-0.39, 0.29) is 16.3 Å². The lowest BCUT2D eigenvalue weighted by molar-refractivity contribution is -0.137. The molecule has 1 amide bonds. The van der Waals surface area contributed by atoms with E-state index in [0.29, 0.717) is 6.61 Å². The van der Waals surface area contributed by atoms with Crippen LogP contribution in [0.5, 0.6) is 5.75 Å². The fraction of sp³-hybridized carbons (Fsp3) is 0.0870. The summed E-state index contributed by atoms with van der Waals surface area (Å²) in [7, 11) is 0. The van der Waals surface area contributed by atoms with Gasteiger partial charge in [0.15, 0.2) is 0 Å². The van der Waals surface area contributed by atoms with Crippen molar-refractivity contribution in [1.29, 1.82) is 0 Å². The summed E-state index contributed by atoms with van der Waals surface area (Å²) in [6.07, 6.45) is 4.64. The van der Waals surface area contributed by atoms with Crippen LogP contribution in [-0.4, -0.2) is 29.8 Å². The monoisotopic (exact) mass is 422 g/mol. The van der Waals surface area contributed by atoms with E-state index >= 15 is 0 Å². The average molecular weight is 423 g/mol. The zero-order valence-corrected chi connectivity index (χ0v) is 16.9. The van der Waals surface area contributed by atoms with Gasteiger partial charge in [0.2, 0.25) is 0 Å². The van der Waals surface area contributed by atoms with Gasteiger partial charge in [-0.2, -0.15) is 5.10 Å². The second kappa shape index (κ2) is 9.71. The zero-order valence-electron chi connectivity index (χ0n) is 16.1. The van der Waals surface area contributed by atoms with Gasteiger partial charge in [-0.15, -0.1) is 0 Å². The summed E-state index contributed by atoms with van der Waals surface area (Å²) in [4.78, 5) is 23.8. The average Bonchev–Trinajstić information content (AvgIpc) is 2.75. The van der Waals surface area contributed by atoms with E-state index in [1.54, 1.807) is 19.2 Å². The largest absolute Gasteiger partial charge is 0.506 e. The van der Waals surface area contributed by atoms with Gasteiger partial charge in [0, 0.05) is 17.2 Å². The fourth-order valence-corrected chi connectivity index (χ4v) is 3.01. The third-order valence-electron chi connectivity index (χ3n) is 4.26. The number of fused-ring (bicyclic) bond motifs is 1. The number of phenols is 1. The molecule has 6 nitrogen and oxygen atoms in total. The van der Waals surface area contributed by atoms with Crippen molar-refractivity contribution in [2.45, 2.75) is 6.92 Å². The van der Waals surface area contributed by atoms with Gasteiger partial charge < -0.3 is 9.84 Å². The lowest BCUT2D eigenvalue weighted by atomic mass is 10.00. The van der Waals surface area contributed by atoms with Gasteiger partial charge in [0.1, 0.15) is 5.75 Å². The number of aromatic hydroxyl groups is 1. The molecule has 2 N–H and O–H groups in total. The van der Waals surface area contributed by atoms with Crippen LogP contribution in [-0.2, 0) is 9.53 Å². The lowest BCUT2D eigenvalue weighted by Gasteiger charge is -2.06. The third-order valence-corrected chi connectivity index (χ3v) is 4.56. The Bertz CT molecular complexity index is 1160. The number of hydrazone groups is 1. The lowest BCUT2D eigenvalue weighted by Crippen LogP contribution is -2.17. The summed E-state index contributed by atoms with van der Waals surface area (Å²) < 4.78 is 4.92. The smallest absolute Gasteiger partial charge is 0.330 e. The minimum Gasteiger partial charge on any atom is -0.506 e. The molecule has 0 unspecified atom stereocenters. The molecule has 3 aromatic rings. The number of hydrogen-bond donors (Lipinski definition) is 2. The highest BCUT2D eigenvalue weighted by Gasteiger charge is 2.08. The van der Waals surface area contributed by atoms with Crippen molar-refractivity contribution in [3.05, 3.63) is 82.4 Å². The van der Waals surface area contributed by atoms with Crippen molar-refractivity contribution < 1.29 is 19.4 Å². The normalized spacial score (nSPS) is 11.3. The molecule has 0 bridgehead atoms. The molecule has 0 aliphatic carbocycles. The molecule has 3 aromatic carbocycles. The summed E-state index contributed by atoms with van der Waals surface area (Å²) >= 11 is 5.83. The van der Waals surface area contributed by atoms with Gasteiger partial charge in [0.25, 0.3) is 5.91 Å². The van der Waals surface area contributed by atoms with Gasteiger partial charge in [-0.25, -0.2) is 10.2 Å². The maximum absolute atomic E-state index is 12.2. The van der Waals surface area contributed by atoms with E-state index < -0.39 is 11.9 Å². The number of hydrogen-bond acceptors (Lipinski definition) is 5. The second-order valence-electron chi connectivity index (χ2n) is 6.24. The van der Waals surface area contributed by atoms with Gasteiger partial charge in [0.05, 0.1) is 17.8 Å². The molecule has 152 valence electrons. The van der Waals surface area contributed by atoms with Crippen LogP contribution in [0.3, 0.4) is 0 Å². The Morgan fingerprint density at radius 3 is 2.50 bits per heavy atom. The first-order valence-corrected chi connectivity index (χ1v) is 9.56. The third kappa shape index (κ3) is 5.04. The SMILES string of the molecule is CCOC(=O)C=Cc1ccc(C=NNC(=O)c2ccc(O)c(Cl)c2)c2ccccc12. The number of ether oxygens (including phenoxy) is 1. The van der Waals surface area contributed by atoms with E-state index in [4.69, 9.17) is 16.3 Å². The Balaban J connectivity index is 1.81. The fourth-order valence-electron chi connectivity index (χ4n) is 2.82. The van der Waals surface area contributed by atoms with Crippen LogP contribution >= 0.6 is 11.6 Å². The van der Waals surface area contributed by atoms with Gasteiger partial charge >= 0.3 is 5.97 Å². The molecule has 3 rings (SSSR count). The Labute approximate surface area is 178 Å². The molecule has 0 atom stereocenters. The number of phenolic OH excluding ortho intramolecular Hbond substituents is 1. The second-order valence-corrected chi connectivity index (χ2v) is 6.65. The number of benzene rings is 3. The van der Waals surface area contributed by atoms with Crippen molar-refractivity contribution in [2.75, 3.05) is 6.61 Å². The molecule has 30 heavy (non-hydrogen) atoms. The molecule has 0 radical (unpaired) electrons. The highest BCUT2D eigenvalue weighted by molar-refractivity contribution is 6.32. The Hall–Kier alpha value is -3.64. The maximum atomic E-state index is 12.2. The number of nitrogens with one attached hydrogen (secondary N) is 1. The molecular weight excluding hydrogens is 404 g/mol. The highest BCUT2D eigenvalue weighted by atomic mass is 35.5. The van der Waals surface area contributed by atoms with Crippen molar-refractivity contribution in [1.82, 2.24) is 5.43 Å². The van der Waals surface area contributed by atoms with E-state index in [0.717, 1.165) is 21.9 Å². The van der Waals surface area contributed by atoms with Crippen molar-refractivity contribution >= 4 is 46.5 Å². The standard InChI is InChI=1S/C23H19ClN2O4/c1-2-30-22(28)12-10-15-7-8-17(19-6-4-3-5-18(15)19)14-25-26-23(29)16-9-11-21(27)20(24)13-16/h3-14,27H,2H2,1H3,(H,26,29). The van der Waals surface area contributed by atoms with Crippen LogP contribution in [0, 0.1) is 0 Å². The molecule has 0 aliphatic heterocycles. The van der Waals surface area contributed by atoms with E-state index in [1.165, 1.54) is 24.3 Å². The first-order valence-electron chi connectivity index (χ1n) is 9.18. The predicted octanol–water partition coefficient (Wildman–Crippen LogP) is 4.54. The summed E-state index contributed by atoms with van der Waals surface area (Å²) in [6.45, 7) is 2.08. The summed E-state index contributed by atoms with van der Waals surface area (Å²) in [6, 6.07) is 15.5. The summed E-state index contributed by atoms with van der Waals surface area (Å²) in [5.41, 5.74) is 4.37. The Morgan fingerprint density at radius 2 is 1.80 bits per heavy atom. The van der Waals surface area contributed by atoms with Crippen molar-refractivity contribution in [3.63, 3.8) is 0 Å². The summed E-state index contributed by atoms with van der Waals surface area (Å²) in [5, 5.41) is 15.4. The molecule has 0 heterocycles. The number of halogens is 1. The molecule has 7 heteroatoms. The van der Waals surface area contributed by atoms with Crippen LogP contribution in [0.2, 0.25) is 5.02 Å². The van der Waals surface area contributed by atoms with Crippen molar-refractivity contribution in [2.24, 2.45) is 5.10 Å². The first kappa shape index (κ1) is 21.1. The maximum Gasteiger partial charge on any atom is 0.330 e. The minimum atomic E-state index is -0.452. The van der Waals surface area contributed by atoms with Crippen LogP contribution in [0.15, 0.2) is 65.8 Å². The quantitative estimate of drug-likeness (QED) is 0.264. The number of carbonyl (C=O) groups excluding carboxylic acids is 2. The van der Waals surface area contributed by atoms with Crippen LogP contribution in [0.1, 0.15) is 28.4 Å². The van der Waals surface area contributed by atoms with E-state index in [1.807, 2.05) is 36.4 Å². The van der Waals surface area contributed by atoms with Gasteiger partial charge in [-0.05, 0) is 47.5 Å². The molecule has 0 aromatic heterocycles. The topological polar surface area (TPSA) is 88.0 Å². The Morgan fingerprint density at radius 1 is 1.10 bits per heavy atom. The first-order chi connectivity index (χ1) is 14.5. The van der Waals surface area contributed by atoms with Crippen LogP contribution in [0.4, 0.5) is 0 Å². The Kier molecular flexibility index (Phi) is 6.83. The van der Waals surface area contributed by atoms with Crippen LogP contribution in [0.25, 0.3) is 16.8 Å². The molecule has 0 aliphatic rings. The van der Waals surface area contributed by atoms with Gasteiger partial charge in [-0.3, -0.25) is 4.79 Å². The number of carbonyl (C=O) groups is 2. The number of nitrogens with zero attached hydrogens (tertiary/aromatic N) is 1. The number of amides is 1. The minimum absolute atomic E-state index is 0.0871. The van der Waals surface area contributed by atoms with Gasteiger partial charge in [-0.1, -0.05) is 48.0 Å². The van der Waals surface area contributed by atoms with E-state index in [2.05, 4.69) is 10.5 Å².